The highest BCUT2D eigenvalue weighted by molar-refractivity contribution is 9.10. The number of hydrogen-bond acceptors (Lipinski definition) is 2. The van der Waals surface area contributed by atoms with E-state index in [9.17, 15) is 4.79 Å². The SMILES string of the molecule is O=C(/C=C/c1ccccc1Cl)Nc1ccnc2ccc(Br)cc12. The molecule has 0 bridgehead atoms. The third-order valence-electron chi connectivity index (χ3n) is 3.28. The highest BCUT2D eigenvalue weighted by atomic mass is 79.9. The largest absolute Gasteiger partial charge is 0.322 e. The number of fused-ring (bicyclic) bond motifs is 1. The molecule has 2 aromatic carbocycles. The zero-order chi connectivity index (χ0) is 16.2. The molecule has 0 saturated heterocycles. The summed E-state index contributed by atoms with van der Waals surface area (Å²) in [6.45, 7) is 0. The van der Waals surface area contributed by atoms with Crippen molar-refractivity contribution in [3.8, 4) is 0 Å². The monoisotopic (exact) mass is 386 g/mol. The third-order valence-corrected chi connectivity index (χ3v) is 4.12. The molecule has 1 N–H and O–H groups in total. The van der Waals surface area contributed by atoms with Gasteiger partial charge < -0.3 is 5.32 Å². The molecule has 0 unspecified atom stereocenters. The van der Waals surface area contributed by atoms with Crippen LogP contribution in [0.2, 0.25) is 5.02 Å². The Morgan fingerprint density at radius 3 is 2.83 bits per heavy atom. The first-order valence-corrected chi connectivity index (χ1v) is 8.08. The molecule has 114 valence electrons. The fourth-order valence-electron chi connectivity index (χ4n) is 2.18. The maximum atomic E-state index is 12.2. The van der Waals surface area contributed by atoms with E-state index >= 15 is 0 Å². The van der Waals surface area contributed by atoms with Gasteiger partial charge >= 0.3 is 0 Å². The summed E-state index contributed by atoms with van der Waals surface area (Å²) < 4.78 is 0.931. The van der Waals surface area contributed by atoms with Crippen LogP contribution in [0.4, 0.5) is 5.69 Å². The molecule has 0 aliphatic rings. The molecule has 23 heavy (non-hydrogen) atoms. The second-order valence-corrected chi connectivity index (χ2v) is 6.19. The van der Waals surface area contributed by atoms with Crippen molar-refractivity contribution in [1.82, 2.24) is 4.98 Å². The van der Waals surface area contributed by atoms with Crippen molar-refractivity contribution < 1.29 is 4.79 Å². The molecule has 0 radical (unpaired) electrons. The van der Waals surface area contributed by atoms with E-state index in [1.54, 1.807) is 24.4 Å². The van der Waals surface area contributed by atoms with Crippen LogP contribution in [0.15, 0.2) is 65.3 Å². The Labute approximate surface area is 147 Å². The summed E-state index contributed by atoms with van der Waals surface area (Å²) in [6, 6.07) is 14.9. The van der Waals surface area contributed by atoms with E-state index in [2.05, 4.69) is 26.2 Å². The number of anilines is 1. The third kappa shape index (κ3) is 3.78. The van der Waals surface area contributed by atoms with Gasteiger partial charge in [-0.1, -0.05) is 45.7 Å². The van der Waals surface area contributed by atoms with Crippen LogP contribution in [-0.4, -0.2) is 10.9 Å². The number of carbonyl (C=O) groups excluding carboxylic acids is 1. The van der Waals surface area contributed by atoms with Crippen LogP contribution in [0, 0.1) is 0 Å². The molecule has 3 nitrogen and oxygen atoms in total. The molecule has 3 rings (SSSR count). The molecule has 0 saturated carbocycles. The number of benzene rings is 2. The number of amides is 1. The van der Waals surface area contributed by atoms with Gasteiger partial charge in [0.05, 0.1) is 11.2 Å². The lowest BCUT2D eigenvalue weighted by Gasteiger charge is -2.07. The molecule has 0 fully saturated rings. The summed E-state index contributed by atoms with van der Waals surface area (Å²) in [5, 5.41) is 4.35. The predicted molar refractivity (Wildman–Crippen MR) is 98.6 cm³/mol. The second-order valence-electron chi connectivity index (χ2n) is 4.86. The van der Waals surface area contributed by atoms with Gasteiger partial charge in [0.2, 0.25) is 5.91 Å². The average molecular weight is 388 g/mol. The number of hydrogen-bond donors (Lipinski definition) is 1. The number of nitrogens with zero attached hydrogens (tertiary/aromatic N) is 1. The maximum absolute atomic E-state index is 12.2. The minimum absolute atomic E-state index is 0.225. The maximum Gasteiger partial charge on any atom is 0.248 e. The Bertz CT molecular complexity index is 908. The minimum Gasteiger partial charge on any atom is -0.322 e. The van der Waals surface area contributed by atoms with Crippen LogP contribution >= 0.6 is 27.5 Å². The zero-order valence-electron chi connectivity index (χ0n) is 12.0. The first kappa shape index (κ1) is 15.7. The molecule has 5 heteroatoms. The lowest BCUT2D eigenvalue weighted by atomic mass is 10.2. The van der Waals surface area contributed by atoms with Crippen molar-refractivity contribution in [2.75, 3.05) is 5.32 Å². The Morgan fingerprint density at radius 2 is 2.00 bits per heavy atom. The lowest BCUT2D eigenvalue weighted by Crippen LogP contribution is -2.08. The van der Waals surface area contributed by atoms with Gasteiger partial charge in [0.15, 0.2) is 0 Å². The quantitative estimate of drug-likeness (QED) is 0.619. The number of aromatic nitrogens is 1. The van der Waals surface area contributed by atoms with Crippen LogP contribution in [0.1, 0.15) is 5.56 Å². The molecule has 1 aromatic heterocycles. The van der Waals surface area contributed by atoms with Gasteiger partial charge in [-0.3, -0.25) is 9.78 Å². The Balaban J connectivity index is 1.83. The van der Waals surface area contributed by atoms with Crippen molar-refractivity contribution in [2.24, 2.45) is 0 Å². The summed E-state index contributed by atoms with van der Waals surface area (Å²) in [5.74, 6) is -0.225. The fraction of sp³-hybridized carbons (Fsp3) is 0. The van der Waals surface area contributed by atoms with Gasteiger partial charge in [-0.15, -0.1) is 0 Å². The molecular weight excluding hydrogens is 376 g/mol. The van der Waals surface area contributed by atoms with Gasteiger partial charge in [-0.25, -0.2) is 0 Å². The number of nitrogens with one attached hydrogen (secondary N) is 1. The van der Waals surface area contributed by atoms with Crippen LogP contribution in [-0.2, 0) is 4.79 Å². The number of rotatable bonds is 3. The number of halogens is 2. The number of carbonyl (C=O) groups is 1. The minimum atomic E-state index is -0.225. The predicted octanol–water partition coefficient (Wildman–Crippen LogP) is 5.30. The second kappa shape index (κ2) is 6.94. The van der Waals surface area contributed by atoms with Crippen LogP contribution in [0.25, 0.3) is 17.0 Å². The van der Waals surface area contributed by atoms with E-state index in [1.165, 1.54) is 6.08 Å². The van der Waals surface area contributed by atoms with Gasteiger partial charge in [0, 0.05) is 27.2 Å². The molecule has 1 amide bonds. The Hall–Kier alpha value is -2.17. The standard InChI is InChI=1S/C18H12BrClN2O/c19-13-6-7-16-14(11-13)17(9-10-21-16)22-18(23)8-5-12-3-1-2-4-15(12)20/h1-11H,(H,21,22,23)/b8-5+. The van der Waals surface area contributed by atoms with Crippen LogP contribution in [0.3, 0.4) is 0 Å². The highest BCUT2D eigenvalue weighted by Crippen LogP contribution is 2.25. The molecule has 1 heterocycles. The van der Waals surface area contributed by atoms with E-state index in [0.717, 1.165) is 20.9 Å². The summed E-state index contributed by atoms with van der Waals surface area (Å²) in [6.07, 6.45) is 4.83. The van der Waals surface area contributed by atoms with Gasteiger partial charge in [-0.2, -0.15) is 0 Å². The average Bonchev–Trinajstić information content (AvgIpc) is 2.55. The van der Waals surface area contributed by atoms with Gasteiger partial charge in [0.1, 0.15) is 0 Å². The smallest absolute Gasteiger partial charge is 0.248 e. The van der Waals surface area contributed by atoms with E-state index < -0.39 is 0 Å². The summed E-state index contributed by atoms with van der Waals surface area (Å²) in [4.78, 5) is 16.4. The van der Waals surface area contributed by atoms with Crippen LogP contribution in [0.5, 0.6) is 0 Å². The molecule has 0 aliphatic carbocycles. The van der Waals surface area contributed by atoms with E-state index in [-0.39, 0.29) is 5.91 Å². The summed E-state index contributed by atoms with van der Waals surface area (Å²) in [7, 11) is 0. The van der Waals surface area contributed by atoms with Crippen molar-refractivity contribution in [1.29, 1.82) is 0 Å². The molecular formula is C18H12BrClN2O. The fourth-order valence-corrected chi connectivity index (χ4v) is 2.74. The topological polar surface area (TPSA) is 42.0 Å². The first-order chi connectivity index (χ1) is 11.1. The van der Waals surface area contributed by atoms with Gasteiger partial charge in [0.25, 0.3) is 0 Å². The number of pyridine rings is 1. The van der Waals surface area contributed by atoms with Crippen molar-refractivity contribution in [2.45, 2.75) is 0 Å². The molecule has 0 aliphatic heterocycles. The van der Waals surface area contributed by atoms with E-state index in [1.807, 2.05) is 36.4 Å². The summed E-state index contributed by atoms with van der Waals surface area (Å²) in [5.41, 5.74) is 2.33. The highest BCUT2D eigenvalue weighted by Gasteiger charge is 2.05. The van der Waals surface area contributed by atoms with Crippen molar-refractivity contribution in [3.05, 3.63) is 75.9 Å². The Morgan fingerprint density at radius 1 is 1.17 bits per heavy atom. The van der Waals surface area contributed by atoms with E-state index in [4.69, 9.17) is 11.6 Å². The van der Waals surface area contributed by atoms with E-state index in [0.29, 0.717) is 10.7 Å². The van der Waals surface area contributed by atoms with Gasteiger partial charge in [-0.05, 0) is 42.0 Å². The molecule has 3 aromatic rings. The Kier molecular flexibility index (Phi) is 4.74. The molecule has 0 atom stereocenters. The first-order valence-electron chi connectivity index (χ1n) is 6.91. The van der Waals surface area contributed by atoms with Crippen molar-refractivity contribution >= 4 is 56.1 Å². The lowest BCUT2D eigenvalue weighted by molar-refractivity contribution is -0.111. The van der Waals surface area contributed by atoms with Crippen molar-refractivity contribution in [3.63, 3.8) is 0 Å². The normalized spacial score (nSPS) is 11.0. The molecule has 0 spiro atoms. The van der Waals surface area contributed by atoms with Crippen LogP contribution < -0.4 is 5.32 Å². The summed E-state index contributed by atoms with van der Waals surface area (Å²) >= 11 is 9.50. The zero-order valence-corrected chi connectivity index (χ0v) is 14.3.